The molecule has 0 N–H and O–H groups in total. The lowest BCUT2D eigenvalue weighted by molar-refractivity contribution is 0.668. The van der Waals surface area contributed by atoms with Crippen LogP contribution in [0.5, 0.6) is 0 Å². The van der Waals surface area contributed by atoms with E-state index in [1.165, 1.54) is 0 Å². The first-order chi connectivity index (χ1) is 98.4. The highest BCUT2D eigenvalue weighted by molar-refractivity contribution is 6.30. The molecule has 688 valence electrons. The highest BCUT2D eigenvalue weighted by Crippen LogP contribution is 2.53. The number of fused-ring (bicyclic) bond motifs is 25. The summed E-state index contributed by atoms with van der Waals surface area (Å²) in [6.07, 6.45) is 0. The van der Waals surface area contributed by atoms with Crippen molar-refractivity contribution in [1.29, 1.82) is 0 Å². The first kappa shape index (κ1) is 44.6. The van der Waals surface area contributed by atoms with Gasteiger partial charge in [0.1, 0.15) is 44.7 Å². The van der Waals surface area contributed by atoms with Gasteiger partial charge in [0.25, 0.3) is 0 Å². The third-order valence-corrected chi connectivity index (χ3v) is 26.2. The largest absolute Gasteiger partial charge is 0.456 e. The molecule has 0 atom stereocenters. The van der Waals surface area contributed by atoms with Crippen LogP contribution in [0.1, 0.15) is 82.2 Å². The van der Waals surface area contributed by atoms with Gasteiger partial charge < -0.3 is 17.7 Å². The van der Waals surface area contributed by atoms with Gasteiger partial charge in [-0.05, 0) is 303 Å². The van der Waals surface area contributed by atoms with Crippen LogP contribution in [0.3, 0.4) is 0 Å². The Morgan fingerprint density at radius 2 is 0.372 bits per heavy atom. The monoisotopic (exact) mass is 1940 g/mol. The molecule has 0 fully saturated rings. The van der Waals surface area contributed by atoms with Gasteiger partial charge >= 0.3 is 0 Å². The minimum absolute atomic E-state index is 0.0756. The van der Waals surface area contributed by atoms with Gasteiger partial charge in [-0.25, -0.2) is 0 Å². The molecule has 0 aliphatic heterocycles. The van der Waals surface area contributed by atoms with Crippen LogP contribution in [0.2, 0.25) is 0 Å². The molecule has 4 heteroatoms. The van der Waals surface area contributed by atoms with Crippen molar-refractivity contribution >= 4 is 217 Å². The molecular formula is C144H88O4. The Balaban J connectivity index is 0.000000119. The summed E-state index contributed by atoms with van der Waals surface area (Å²) in [5.41, 5.74) is -4.16. The Morgan fingerprint density at radius 1 is 0.122 bits per heavy atom. The number of hydrogen-bond acceptors (Lipinski definition) is 4. The lowest BCUT2D eigenvalue weighted by Crippen LogP contribution is -1.92. The first-order valence-electron chi connectivity index (χ1n) is 75.9. The molecule has 4 nitrogen and oxygen atoms in total. The quantitative estimate of drug-likeness (QED) is 0.112. The van der Waals surface area contributed by atoms with Crippen molar-refractivity contribution in [3.8, 4) is 89.0 Å². The highest BCUT2D eigenvalue weighted by atomic mass is 16.3. The molecule has 0 amide bonds. The molecule has 28 aromatic carbocycles. The number of hydrogen-bond donors (Lipinski definition) is 0. The van der Waals surface area contributed by atoms with Gasteiger partial charge in [-0.1, -0.05) is 448 Å². The Bertz CT molecular complexity index is 14700. The number of para-hydroxylation sites is 4. The molecular weight excluding hydrogens is 1790 g/mol. The molecule has 0 spiro atoms. The van der Waals surface area contributed by atoms with Gasteiger partial charge in [-0.15, -0.1) is 0 Å². The van der Waals surface area contributed by atoms with Crippen molar-refractivity contribution in [1.82, 2.24) is 0 Å². The van der Waals surface area contributed by atoms with E-state index >= 15 is 0 Å². The predicted octanol–water partition coefficient (Wildman–Crippen LogP) is 41.5. The van der Waals surface area contributed by atoms with Crippen molar-refractivity contribution < 1.29 is 99.9 Å². The van der Waals surface area contributed by atoms with Crippen LogP contribution in [0.25, 0.3) is 306 Å². The lowest BCUT2D eigenvalue weighted by Gasteiger charge is -2.19. The van der Waals surface area contributed by atoms with Gasteiger partial charge in [-0.2, -0.15) is 0 Å². The van der Waals surface area contributed by atoms with Gasteiger partial charge in [-0.3, -0.25) is 0 Å². The summed E-state index contributed by atoms with van der Waals surface area (Å²) >= 11 is 0. The maximum atomic E-state index is 9.61. The van der Waals surface area contributed by atoms with Crippen molar-refractivity contribution in [3.05, 3.63) is 532 Å². The average molecular weight is 1940 g/mol. The average Bonchev–Trinajstić information content (AvgIpc) is 1.14. The van der Waals surface area contributed by atoms with E-state index in [1.54, 1.807) is 84.9 Å². The zero-order chi connectivity index (χ0) is 150. The summed E-state index contributed by atoms with van der Waals surface area (Å²) in [4.78, 5) is 0. The minimum atomic E-state index is -0.692. The van der Waals surface area contributed by atoms with E-state index in [2.05, 4.69) is 0 Å². The van der Waals surface area contributed by atoms with E-state index in [0.29, 0.717) is 33.0 Å². The van der Waals surface area contributed by atoms with Crippen LogP contribution in [-0.4, -0.2) is 0 Å². The molecule has 32 rings (SSSR count). The van der Waals surface area contributed by atoms with Crippen molar-refractivity contribution in [2.75, 3.05) is 0 Å². The zero-order valence-electron chi connectivity index (χ0n) is 136. The molecule has 32 aromatic rings. The molecule has 0 unspecified atom stereocenters. The summed E-state index contributed by atoms with van der Waals surface area (Å²) in [7, 11) is 0. The number of benzene rings is 28. The molecule has 0 saturated heterocycles. The normalized spacial score (nSPS) is 17.5. The topological polar surface area (TPSA) is 52.6 Å². The molecule has 0 saturated carbocycles. The predicted molar refractivity (Wildman–Crippen MR) is 628 cm³/mol. The number of rotatable bonds is 8. The van der Waals surface area contributed by atoms with E-state index in [1.807, 2.05) is 84.9 Å². The zero-order valence-corrected chi connectivity index (χ0v) is 75.8. The molecule has 0 aliphatic rings. The lowest BCUT2D eigenvalue weighted by atomic mass is 9.83. The summed E-state index contributed by atoms with van der Waals surface area (Å²) < 4.78 is 554. The van der Waals surface area contributed by atoms with Crippen LogP contribution >= 0.6 is 0 Å². The van der Waals surface area contributed by atoms with Gasteiger partial charge in [0.05, 0.1) is 82.2 Å². The first-order valence-corrected chi connectivity index (χ1v) is 45.9. The van der Waals surface area contributed by atoms with Crippen molar-refractivity contribution in [2.45, 2.75) is 0 Å². The van der Waals surface area contributed by atoms with Gasteiger partial charge in [0, 0.05) is 43.1 Å². The van der Waals surface area contributed by atoms with E-state index in [4.69, 9.17) is 73.9 Å². The van der Waals surface area contributed by atoms with E-state index in [-0.39, 0.29) is 218 Å². The van der Waals surface area contributed by atoms with Crippen molar-refractivity contribution in [3.63, 3.8) is 0 Å². The van der Waals surface area contributed by atoms with Crippen LogP contribution in [-0.2, 0) is 0 Å². The summed E-state index contributed by atoms with van der Waals surface area (Å²) in [6.45, 7) is 0. The van der Waals surface area contributed by atoms with Crippen molar-refractivity contribution in [2.24, 2.45) is 0 Å². The Labute approximate surface area is 935 Å². The third kappa shape index (κ3) is 14.1. The fraction of sp³-hybridized carbons (Fsp3) is 0. The second-order valence-electron chi connectivity index (χ2n) is 34.2. The van der Waals surface area contributed by atoms with E-state index in [0.717, 1.165) is 32.3 Å². The maximum absolute atomic E-state index is 9.61. The van der Waals surface area contributed by atoms with Gasteiger partial charge in [0.15, 0.2) is 0 Å². The van der Waals surface area contributed by atoms with Crippen LogP contribution in [0.15, 0.2) is 550 Å². The summed E-state index contributed by atoms with van der Waals surface area (Å²) in [6, 6.07) is 12.8. The molecule has 0 aliphatic carbocycles. The minimum Gasteiger partial charge on any atom is -0.456 e. The maximum Gasteiger partial charge on any atom is 0.135 e. The van der Waals surface area contributed by atoms with Crippen LogP contribution in [0, 0.1) is 0 Å². The van der Waals surface area contributed by atoms with E-state index < -0.39 is 385 Å². The molecule has 4 heterocycles. The Hall–Kier alpha value is -19.5. The van der Waals surface area contributed by atoms with Crippen LogP contribution < -0.4 is 0 Å². The number of furan rings is 4. The summed E-state index contributed by atoms with van der Waals surface area (Å²) in [5, 5.41) is 0.723. The Kier molecular flexibility index (Phi) is 10.6. The molecule has 148 heavy (non-hydrogen) atoms. The third-order valence-electron chi connectivity index (χ3n) is 26.2. The Morgan fingerprint density at radius 3 is 0.730 bits per heavy atom. The SMILES string of the molecule is [2H]c1c([2H])c([2H])c2c(oc3c([2H])c([2H])c(-c4c5c([2H])c([2H])c([2H])c([2H])c5c(-c5cc6ccccc6c6ccccc56)c5c([2H])c([2H])c([2H])c([2H])c45)c([2H])c32)c1[2H].[2H]c1c([2H])c([2H])c2c(oc3c([2H])c([2H])c(-c4c5c([2H])c([2H])c([2H])c([2H])c5c(-c5ccc6ccccc6c5)c5c([2H])c([2H])c([2H])c([2H])c45)c([2H])c32)c1[2H].[2H]c1c([2H])c([2H])c2c(oc3c([2H])c([2H])c(-c4c5c([2H])c([2H])c([2H])c([2H])c5c(-c5cccc6ccccc56)c5c([2H])c([2H])c([2H])c([2H])c45)c([2H])c32)c1[2H].[2H]c1c([2H])c([2H])c2c(oc3c([2H])c([2H])c(-c4c5c([2H])c([2H])c([2H])c([2H])c5c(-c5ccccc5)c5c([2H])c([2H])c([2H])c([2H])c45)c([2H])c32)c1[2H]. The molecule has 0 bridgehead atoms. The highest BCUT2D eigenvalue weighted by Gasteiger charge is 2.26. The van der Waals surface area contributed by atoms with Crippen LogP contribution in [0.4, 0.5) is 0 Å². The summed E-state index contributed by atoms with van der Waals surface area (Å²) in [5.74, 6) is 0. The molecule has 4 aromatic heterocycles. The fourth-order valence-electron chi connectivity index (χ4n) is 20.0. The second kappa shape index (κ2) is 35.3. The second-order valence-corrected chi connectivity index (χ2v) is 34.2. The smallest absolute Gasteiger partial charge is 0.135 e. The van der Waals surface area contributed by atoms with Gasteiger partial charge in [0.2, 0.25) is 0 Å². The molecule has 0 radical (unpaired) electrons. The standard InChI is InChI=1S/C40H24O.2C36H22O.C32H20O/c1-2-12-27-25(11-1)23-36(29-14-4-3-13-28(27)29)40-33-18-7-5-16-31(33)39(32-17-6-8-19-34(32)40)26-21-22-38-35(24-26)30-15-9-10-20-37(30)41-38;1-2-12-25-23(10-1)11-9-18-27(25)36-30-16-5-3-14-28(30)35(29-15-4-6-17-31(29)36)24-20-21-34-32(22-24)26-13-7-8-19-33(26)37-34;1-2-10-24-21-25(18-17-23(24)9-1)35-28-12-3-5-14-30(28)36(31-15-6-4-13-29(31)35)26-19-20-34-32(22-26)27-11-7-8-16-33(27)37-34;1-2-10-21(11-3-1)31-24-13-4-6-15-26(24)32(27-16-7-5-14-25(27)31)22-18-19-30-28(20-22)23-12-8-9-17-29(23)33-30/h1-24H;2*1-22H;1-20H/i5D,6D,7D,8D,9D,10D,15D,16D,17D,18D,19D,20D,21D,22D,24D;3D,4D,5D,6D,7D,8D,13D,14D,15D,16D,17D,19D,20D,21D,22D;3D,4D,5D,6D,7D,8D,11D,12D,13D,14D,15D,16D,19D,20D,22D;4D,5D,6D,7D,8D,9D,12D,13D,14D,15D,16D,17D,18D,19D,20D. The van der Waals surface area contributed by atoms with E-state index in [9.17, 15) is 26.0 Å². The fourth-order valence-corrected chi connectivity index (χ4v) is 20.0.